The van der Waals surface area contributed by atoms with Gasteiger partial charge in [-0.05, 0) is 31.9 Å². The summed E-state index contributed by atoms with van der Waals surface area (Å²) in [7, 11) is -3.37. The van der Waals surface area contributed by atoms with Gasteiger partial charge >= 0.3 is 5.97 Å². The van der Waals surface area contributed by atoms with Gasteiger partial charge in [0.1, 0.15) is 5.82 Å². The van der Waals surface area contributed by atoms with E-state index in [0.29, 0.717) is 35.7 Å². The van der Waals surface area contributed by atoms with Crippen molar-refractivity contribution in [3.63, 3.8) is 0 Å². The van der Waals surface area contributed by atoms with E-state index in [1.165, 1.54) is 29.0 Å². The third kappa shape index (κ3) is 3.88. The molecule has 0 saturated carbocycles. The van der Waals surface area contributed by atoms with Crippen molar-refractivity contribution < 1.29 is 18.3 Å². The van der Waals surface area contributed by atoms with Gasteiger partial charge in [0.15, 0.2) is 0 Å². The number of nitrogens with zero attached hydrogens (tertiary/aromatic N) is 4. The van der Waals surface area contributed by atoms with Crippen LogP contribution >= 0.6 is 0 Å². The van der Waals surface area contributed by atoms with E-state index in [1.807, 2.05) is 0 Å². The molecule has 1 unspecified atom stereocenters. The van der Waals surface area contributed by atoms with E-state index in [9.17, 15) is 13.2 Å². The minimum absolute atomic E-state index is 0.0655. The van der Waals surface area contributed by atoms with Gasteiger partial charge in [0.05, 0.1) is 23.6 Å². The number of aromatic nitrogens is 3. The fraction of sp³-hybridized carbons (Fsp3) is 0.412. The molecular formula is C17H20N4O4S. The molecule has 2 aromatic rings. The van der Waals surface area contributed by atoms with Crippen LogP contribution in [0, 0.1) is 6.92 Å². The largest absolute Gasteiger partial charge is 0.478 e. The van der Waals surface area contributed by atoms with Crippen LogP contribution in [-0.4, -0.2) is 51.6 Å². The summed E-state index contributed by atoms with van der Waals surface area (Å²) in [5.41, 5.74) is 1.83. The summed E-state index contributed by atoms with van der Waals surface area (Å²) in [5, 5.41) is 9.15. The molecule has 0 radical (unpaired) electrons. The average molecular weight is 376 g/mol. The van der Waals surface area contributed by atoms with Gasteiger partial charge in [-0.3, -0.25) is 4.98 Å². The molecule has 1 atom stereocenters. The minimum atomic E-state index is -3.37. The number of aromatic carboxylic acids is 1. The second kappa shape index (κ2) is 7.08. The smallest absolute Gasteiger partial charge is 0.337 e. The van der Waals surface area contributed by atoms with Gasteiger partial charge in [-0.1, -0.05) is 6.42 Å². The molecule has 26 heavy (non-hydrogen) atoms. The van der Waals surface area contributed by atoms with Crippen LogP contribution in [0.3, 0.4) is 0 Å². The molecule has 2 aromatic heterocycles. The summed E-state index contributed by atoms with van der Waals surface area (Å²) in [5.74, 6) is -0.633. The predicted octanol–water partition coefficient (Wildman–Crippen LogP) is 2.03. The Bertz CT molecular complexity index is 946. The number of carbonyl (C=O) groups is 1. The normalized spacial score (nSPS) is 18.6. The minimum Gasteiger partial charge on any atom is -0.478 e. The van der Waals surface area contributed by atoms with Gasteiger partial charge in [-0.15, -0.1) is 0 Å². The Morgan fingerprint density at radius 2 is 2.00 bits per heavy atom. The molecule has 0 aliphatic carbocycles. The van der Waals surface area contributed by atoms with Gasteiger partial charge < -0.3 is 5.11 Å². The van der Waals surface area contributed by atoms with Crippen LogP contribution in [0.15, 0.2) is 24.5 Å². The lowest BCUT2D eigenvalue weighted by molar-refractivity contribution is 0.0696. The molecule has 1 saturated heterocycles. The summed E-state index contributed by atoms with van der Waals surface area (Å²) in [4.78, 5) is 24.1. The van der Waals surface area contributed by atoms with Crippen molar-refractivity contribution in [3.05, 3.63) is 41.6 Å². The predicted molar refractivity (Wildman–Crippen MR) is 95.1 cm³/mol. The summed E-state index contributed by atoms with van der Waals surface area (Å²) >= 11 is 0. The van der Waals surface area contributed by atoms with Crippen LogP contribution in [0.25, 0.3) is 11.3 Å². The van der Waals surface area contributed by atoms with Gasteiger partial charge in [0.2, 0.25) is 10.0 Å². The molecule has 1 fully saturated rings. The molecule has 3 heterocycles. The number of aryl methyl sites for hydroxylation is 1. The van der Waals surface area contributed by atoms with Crippen molar-refractivity contribution in [1.29, 1.82) is 0 Å². The number of hydrogen-bond donors (Lipinski definition) is 1. The van der Waals surface area contributed by atoms with E-state index in [4.69, 9.17) is 5.11 Å². The number of hydrogen-bond acceptors (Lipinski definition) is 6. The highest BCUT2D eigenvalue weighted by atomic mass is 32.2. The first-order chi connectivity index (χ1) is 12.3. The number of piperidine rings is 1. The van der Waals surface area contributed by atoms with Crippen LogP contribution < -0.4 is 0 Å². The second-order valence-electron chi connectivity index (χ2n) is 6.41. The number of carboxylic acids is 1. The molecule has 3 rings (SSSR count). The molecular weight excluding hydrogens is 356 g/mol. The SMILES string of the molecule is Cc1cc(-c2cncc(C(=O)O)c2)nc(C2CCCCN2S(C)(=O)=O)n1. The maximum absolute atomic E-state index is 12.1. The fourth-order valence-electron chi connectivity index (χ4n) is 3.15. The van der Waals surface area contributed by atoms with E-state index < -0.39 is 22.0 Å². The molecule has 1 N–H and O–H groups in total. The van der Waals surface area contributed by atoms with E-state index >= 15 is 0 Å². The Morgan fingerprint density at radius 3 is 2.69 bits per heavy atom. The zero-order valence-corrected chi connectivity index (χ0v) is 15.4. The Balaban J connectivity index is 2.05. The monoisotopic (exact) mass is 376 g/mol. The second-order valence-corrected chi connectivity index (χ2v) is 8.34. The molecule has 1 aliphatic rings. The molecule has 8 nitrogen and oxygen atoms in total. The number of pyridine rings is 1. The van der Waals surface area contributed by atoms with Crippen molar-refractivity contribution >= 4 is 16.0 Å². The number of sulfonamides is 1. The summed E-state index contributed by atoms with van der Waals surface area (Å²) in [6.45, 7) is 2.25. The number of carboxylic acid groups (broad SMARTS) is 1. The van der Waals surface area contributed by atoms with Crippen molar-refractivity contribution in [3.8, 4) is 11.3 Å². The van der Waals surface area contributed by atoms with Gasteiger partial charge in [0.25, 0.3) is 0 Å². The zero-order chi connectivity index (χ0) is 18.9. The molecule has 138 valence electrons. The maximum atomic E-state index is 12.1. The van der Waals surface area contributed by atoms with Crippen LogP contribution in [0.5, 0.6) is 0 Å². The molecule has 9 heteroatoms. The van der Waals surface area contributed by atoms with Crippen molar-refractivity contribution in [2.75, 3.05) is 12.8 Å². The molecule has 0 aromatic carbocycles. The highest BCUT2D eigenvalue weighted by Gasteiger charge is 2.32. The number of rotatable bonds is 4. The lowest BCUT2D eigenvalue weighted by Gasteiger charge is -2.32. The average Bonchev–Trinajstić information content (AvgIpc) is 2.60. The van der Waals surface area contributed by atoms with Crippen LogP contribution in [0.1, 0.15) is 47.2 Å². The van der Waals surface area contributed by atoms with E-state index in [0.717, 1.165) is 12.8 Å². The highest BCUT2D eigenvalue weighted by Crippen LogP contribution is 2.32. The van der Waals surface area contributed by atoms with Crippen LogP contribution in [0.2, 0.25) is 0 Å². The van der Waals surface area contributed by atoms with Crippen molar-refractivity contribution in [1.82, 2.24) is 19.3 Å². The first kappa shape index (κ1) is 18.4. The maximum Gasteiger partial charge on any atom is 0.337 e. The standard InChI is InChI=1S/C17H20N4O4S/c1-11-7-14(12-8-13(17(22)23)10-18-9-12)20-16(19-11)15-5-3-4-6-21(15)26(2,24)25/h7-10,15H,3-6H2,1-2H3,(H,22,23). The third-order valence-electron chi connectivity index (χ3n) is 4.33. The first-order valence-electron chi connectivity index (χ1n) is 8.27. The third-order valence-corrected chi connectivity index (χ3v) is 5.62. The molecule has 0 bridgehead atoms. The van der Waals surface area contributed by atoms with Crippen LogP contribution in [-0.2, 0) is 10.0 Å². The van der Waals surface area contributed by atoms with Gasteiger partial charge in [-0.25, -0.2) is 23.2 Å². The molecule has 0 amide bonds. The summed E-state index contributed by atoms with van der Waals surface area (Å²) in [6, 6.07) is 2.82. The topological polar surface area (TPSA) is 113 Å². The van der Waals surface area contributed by atoms with E-state index in [2.05, 4.69) is 15.0 Å². The quantitative estimate of drug-likeness (QED) is 0.868. The Hall–Kier alpha value is -2.39. The fourth-order valence-corrected chi connectivity index (χ4v) is 4.27. The molecule has 1 aliphatic heterocycles. The van der Waals surface area contributed by atoms with Gasteiger partial charge in [0, 0.05) is 30.2 Å². The Labute approximate surface area is 152 Å². The highest BCUT2D eigenvalue weighted by molar-refractivity contribution is 7.88. The lowest BCUT2D eigenvalue weighted by Crippen LogP contribution is -2.38. The van der Waals surface area contributed by atoms with E-state index in [-0.39, 0.29) is 5.56 Å². The summed E-state index contributed by atoms with van der Waals surface area (Å²) < 4.78 is 25.7. The van der Waals surface area contributed by atoms with Crippen LogP contribution in [0.4, 0.5) is 0 Å². The Morgan fingerprint density at radius 1 is 1.23 bits per heavy atom. The van der Waals surface area contributed by atoms with Crippen molar-refractivity contribution in [2.24, 2.45) is 0 Å². The van der Waals surface area contributed by atoms with Crippen molar-refractivity contribution in [2.45, 2.75) is 32.2 Å². The lowest BCUT2D eigenvalue weighted by atomic mass is 10.0. The molecule has 0 spiro atoms. The van der Waals surface area contributed by atoms with Gasteiger partial charge in [-0.2, -0.15) is 4.31 Å². The summed E-state index contributed by atoms with van der Waals surface area (Å²) in [6.07, 6.45) is 6.37. The Kier molecular flexibility index (Phi) is 5.01. The zero-order valence-electron chi connectivity index (χ0n) is 14.6. The first-order valence-corrected chi connectivity index (χ1v) is 10.1. The van der Waals surface area contributed by atoms with E-state index in [1.54, 1.807) is 13.0 Å².